The topological polar surface area (TPSA) is 32.3 Å². The molecule has 1 N–H and O–H groups in total. The zero-order valence-corrected chi connectivity index (χ0v) is 11.7. The minimum atomic E-state index is -0.719. The highest BCUT2D eigenvalue weighted by molar-refractivity contribution is 5.94. The van der Waals surface area contributed by atoms with Crippen molar-refractivity contribution < 1.29 is 13.6 Å². The normalized spacial score (nSPS) is 18.2. The molecular weight excluding hydrogens is 262 g/mol. The van der Waals surface area contributed by atoms with Crippen molar-refractivity contribution in [2.75, 3.05) is 19.6 Å². The number of hydrogen-bond acceptors (Lipinski definition) is 2. The summed E-state index contributed by atoms with van der Waals surface area (Å²) < 4.78 is 26.4. The van der Waals surface area contributed by atoms with E-state index in [9.17, 15) is 13.6 Å². The number of nitrogens with one attached hydrogen (secondary N) is 1. The second kappa shape index (κ2) is 6.79. The molecule has 0 bridgehead atoms. The Labute approximate surface area is 118 Å². The van der Waals surface area contributed by atoms with Gasteiger partial charge in [0.05, 0.1) is 0 Å². The molecule has 1 aromatic carbocycles. The van der Waals surface area contributed by atoms with Gasteiger partial charge in [-0.3, -0.25) is 4.79 Å². The lowest BCUT2D eigenvalue weighted by atomic mass is 10.1. The van der Waals surface area contributed by atoms with E-state index in [-0.39, 0.29) is 17.5 Å². The van der Waals surface area contributed by atoms with Crippen LogP contribution in [0.3, 0.4) is 0 Å². The van der Waals surface area contributed by atoms with Crippen LogP contribution in [0.2, 0.25) is 0 Å². The van der Waals surface area contributed by atoms with Gasteiger partial charge in [-0.25, -0.2) is 8.78 Å². The molecular formula is C15H20F2N2O. The zero-order chi connectivity index (χ0) is 14.5. The third kappa shape index (κ3) is 3.76. The van der Waals surface area contributed by atoms with E-state index in [1.807, 2.05) is 6.92 Å². The van der Waals surface area contributed by atoms with Gasteiger partial charge >= 0.3 is 0 Å². The van der Waals surface area contributed by atoms with Gasteiger partial charge in [-0.2, -0.15) is 0 Å². The zero-order valence-electron chi connectivity index (χ0n) is 11.7. The Morgan fingerprint density at radius 1 is 1.35 bits per heavy atom. The Bertz CT molecular complexity index is 453. The summed E-state index contributed by atoms with van der Waals surface area (Å²) in [6.07, 6.45) is 2.95. The van der Waals surface area contributed by atoms with Gasteiger partial charge in [0.15, 0.2) is 0 Å². The van der Waals surface area contributed by atoms with Crippen LogP contribution >= 0.6 is 0 Å². The van der Waals surface area contributed by atoms with Gasteiger partial charge in [0.25, 0.3) is 5.91 Å². The van der Waals surface area contributed by atoms with E-state index in [0.717, 1.165) is 44.0 Å². The first kappa shape index (κ1) is 14.9. The summed E-state index contributed by atoms with van der Waals surface area (Å²) in [5, 5.41) is 3.33. The van der Waals surface area contributed by atoms with Crippen LogP contribution < -0.4 is 5.32 Å². The number of benzene rings is 1. The van der Waals surface area contributed by atoms with E-state index >= 15 is 0 Å². The lowest BCUT2D eigenvalue weighted by Crippen LogP contribution is -2.41. The molecule has 20 heavy (non-hydrogen) atoms. The van der Waals surface area contributed by atoms with Crippen molar-refractivity contribution in [1.82, 2.24) is 10.2 Å². The SMILES string of the molecule is CCCN(CC1CCCN1)C(=O)c1cc(F)cc(F)c1. The van der Waals surface area contributed by atoms with Crippen LogP contribution in [-0.4, -0.2) is 36.5 Å². The first-order valence-electron chi connectivity index (χ1n) is 7.09. The maximum atomic E-state index is 13.2. The van der Waals surface area contributed by atoms with Crippen molar-refractivity contribution >= 4 is 5.91 Å². The average Bonchev–Trinajstić information content (AvgIpc) is 2.89. The largest absolute Gasteiger partial charge is 0.337 e. The van der Waals surface area contributed by atoms with Gasteiger partial charge in [0.1, 0.15) is 11.6 Å². The Morgan fingerprint density at radius 2 is 2.05 bits per heavy atom. The molecule has 3 nitrogen and oxygen atoms in total. The number of carbonyl (C=O) groups excluding carboxylic acids is 1. The first-order chi connectivity index (χ1) is 9.60. The summed E-state index contributed by atoms with van der Waals surface area (Å²) in [5.74, 6) is -1.74. The number of halogens is 2. The number of carbonyl (C=O) groups is 1. The van der Waals surface area contributed by atoms with Crippen LogP contribution in [0.15, 0.2) is 18.2 Å². The minimum absolute atomic E-state index is 0.0777. The van der Waals surface area contributed by atoms with E-state index in [2.05, 4.69) is 5.32 Å². The van der Waals surface area contributed by atoms with Crippen molar-refractivity contribution in [3.63, 3.8) is 0 Å². The van der Waals surface area contributed by atoms with Gasteiger partial charge in [-0.15, -0.1) is 0 Å². The molecule has 0 aromatic heterocycles. The molecule has 1 atom stereocenters. The highest BCUT2D eigenvalue weighted by atomic mass is 19.1. The summed E-state index contributed by atoms with van der Waals surface area (Å²) in [5.41, 5.74) is 0.0777. The first-order valence-corrected chi connectivity index (χ1v) is 7.09. The quantitative estimate of drug-likeness (QED) is 0.900. The van der Waals surface area contributed by atoms with Gasteiger partial charge in [0.2, 0.25) is 0 Å². The molecule has 1 unspecified atom stereocenters. The smallest absolute Gasteiger partial charge is 0.254 e. The number of hydrogen-bond donors (Lipinski definition) is 1. The number of amides is 1. The van der Waals surface area contributed by atoms with Gasteiger partial charge in [-0.1, -0.05) is 6.92 Å². The maximum Gasteiger partial charge on any atom is 0.254 e. The molecule has 0 radical (unpaired) electrons. The second-order valence-corrected chi connectivity index (χ2v) is 5.20. The van der Waals surface area contributed by atoms with Crippen molar-refractivity contribution in [3.8, 4) is 0 Å². The molecule has 5 heteroatoms. The third-order valence-corrected chi connectivity index (χ3v) is 3.49. The van der Waals surface area contributed by atoms with Crippen molar-refractivity contribution in [1.29, 1.82) is 0 Å². The highest BCUT2D eigenvalue weighted by Gasteiger charge is 2.22. The summed E-state index contributed by atoms with van der Waals surface area (Å²) in [4.78, 5) is 14.1. The summed E-state index contributed by atoms with van der Waals surface area (Å²) in [6, 6.07) is 3.25. The molecule has 1 saturated heterocycles. The van der Waals surface area contributed by atoms with Crippen molar-refractivity contribution in [2.24, 2.45) is 0 Å². The lowest BCUT2D eigenvalue weighted by Gasteiger charge is -2.25. The van der Waals surface area contributed by atoms with Crippen LogP contribution in [0.1, 0.15) is 36.5 Å². The predicted molar refractivity (Wildman–Crippen MR) is 73.6 cm³/mol. The molecule has 2 rings (SSSR count). The standard InChI is InChI=1S/C15H20F2N2O/c1-2-6-19(10-14-4-3-5-18-14)15(20)11-7-12(16)9-13(17)8-11/h7-9,14,18H,2-6,10H2,1H3. The van der Waals surface area contributed by atoms with Crippen LogP contribution in [0.25, 0.3) is 0 Å². The lowest BCUT2D eigenvalue weighted by molar-refractivity contribution is 0.0741. The fourth-order valence-corrected chi connectivity index (χ4v) is 2.58. The molecule has 1 amide bonds. The monoisotopic (exact) mass is 282 g/mol. The molecule has 0 aliphatic carbocycles. The molecule has 1 aliphatic heterocycles. The van der Waals surface area contributed by atoms with Crippen LogP contribution in [0.4, 0.5) is 8.78 Å². The Kier molecular flexibility index (Phi) is 5.06. The van der Waals surface area contributed by atoms with Gasteiger partial charge in [-0.05, 0) is 37.9 Å². The fraction of sp³-hybridized carbons (Fsp3) is 0.533. The summed E-state index contributed by atoms with van der Waals surface area (Å²) in [7, 11) is 0. The fourth-order valence-electron chi connectivity index (χ4n) is 2.58. The number of rotatable bonds is 5. The second-order valence-electron chi connectivity index (χ2n) is 5.20. The van der Waals surface area contributed by atoms with E-state index in [0.29, 0.717) is 13.1 Å². The summed E-state index contributed by atoms with van der Waals surface area (Å²) in [6.45, 7) is 4.13. The van der Waals surface area contributed by atoms with Gasteiger partial charge < -0.3 is 10.2 Å². The average molecular weight is 282 g/mol. The van der Waals surface area contributed by atoms with Crippen LogP contribution in [-0.2, 0) is 0 Å². The van der Waals surface area contributed by atoms with E-state index in [1.54, 1.807) is 4.90 Å². The molecule has 1 heterocycles. The molecule has 0 saturated carbocycles. The molecule has 0 spiro atoms. The summed E-state index contributed by atoms with van der Waals surface area (Å²) >= 11 is 0. The third-order valence-electron chi connectivity index (χ3n) is 3.49. The molecule has 1 fully saturated rings. The molecule has 110 valence electrons. The predicted octanol–water partition coefficient (Wildman–Crippen LogP) is 2.57. The van der Waals surface area contributed by atoms with Gasteiger partial charge in [0, 0.05) is 30.8 Å². The number of nitrogens with zero attached hydrogens (tertiary/aromatic N) is 1. The maximum absolute atomic E-state index is 13.2. The van der Waals surface area contributed by atoms with Crippen molar-refractivity contribution in [3.05, 3.63) is 35.4 Å². The van der Waals surface area contributed by atoms with Crippen LogP contribution in [0.5, 0.6) is 0 Å². The Balaban J connectivity index is 2.12. The Morgan fingerprint density at radius 3 is 2.60 bits per heavy atom. The molecule has 1 aromatic rings. The van der Waals surface area contributed by atoms with Crippen LogP contribution in [0, 0.1) is 11.6 Å². The van der Waals surface area contributed by atoms with E-state index in [4.69, 9.17) is 0 Å². The van der Waals surface area contributed by atoms with Crippen molar-refractivity contribution in [2.45, 2.75) is 32.2 Å². The highest BCUT2D eigenvalue weighted by Crippen LogP contribution is 2.14. The molecule has 1 aliphatic rings. The van der Waals surface area contributed by atoms with E-state index < -0.39 is 11.6 Å². The Hall–Kier alpha value is -1.49. The van der Waals surface area contributed by atoms with E-state index in [1.165, 1.54) is 0 Å². The minimum Gasteiger partial charge on any atom is -0.337 e.